The zero-order valence-electron chi connectivity index (χ0n) is 12.6. The van der Waals surface area contributed by atoms with Gasteiger partial charge in [0.2, 0.25) is 0 Å². The second kappa shape index (κ2) is 7.00. The number of hydrogen-bond donors (Lipinski definition) is 1. The van der Waals surface area contributed by atoms with Crippen molar-refractivity contribution in [1.29, 1.82) is 0 Å². The first-order valence-corrected chi connectivity index (χ1v) is 9.35. The predicted molar refractivity (Wildman–Crippen MR) is 89.5 cm³/mol. The standard InChI is InChI=1S/C18H27NS/c1-2-11-19-18(17-10-6-7-12-20-17)16-13-15(16)14-8-4-3-5-9-14/h3-5,8-9,15-19H,2,6-7,10-13H2,1H3. The molecular formula is C18H27NS. The van der Waals surface area contributed by atoms with Gasteiger partial charge >= 0.3 is 0 Å². The van der Waals surface area contributed by atoms with Gasteiger partial charge in [-0.05, 0) is 55.4 Å². The Bertz CT molecular complexity index is 399. The molecule has 1 heterocycles. The van der Waals surface area contributed by atoms with E-state index in [4.69, 9.17) is 0 Å². The molecule has 0 bridgehead atoms. The van der Waals surface area contributed by atoms with Crippen LogP contribution in [0, 0.1) is 5.92 Å². The SMILES string of the molecule is CCCNC(C1CCCCS1)C1CC1c1ccccc1. The van der Waals surface area contributed by atoms with Crippen molar-refractivity contribution in [2.45, 2.75) is 56.2 Å². The molecule has 110 valence electrons. The molecule has 1 aliphatic heterocycles. The van der Waals surface area contributed by atoms with Crippen molar-refractivity contribution in [2.75, 3.05) is 12.3 Å². The van der Waals surface area contributed by atoms with Crippen LogP contribution in [0.5, 0.6) is 0 Å². The number of nitrogens with one attached hydrogen (secondary N) is 1. The van der Waals surface area contributed by atoms with Gasteiger partial charge in [0.25, 0.3) is 0 Å². The summed E-state index contributed by atoms with van der Waals surface area (Å²) in [5.41, 5.74) is 1.56. The van der Waals surface area contributed by atoms with Gasteiger partial charge in [0.1, 0.15) is 0 Å². The average Bonchev–Trinajstić information content (AvgIpc) is 3.30. The Kier molecular flexibility index (Phi) is 5.06. The van der Waals surface area contributed by atoms with Crippen LogP contribution in [0.2, 0.25) is 0 Å². The molecule has 2 aliphatic rings. The van der Waals surface area contributed by atoms with E-state index in [1.807, 2.05) is 0 Å². The van der Waals surface area contributed by atoms with E-state index >= 15 is 0 Å². The third-order valence-corrected chi connectivity index (χ3v) is 6.26. The minimum absolute atomic E-state index is 0.741. The van der Waals surface area contributed by atoms with Crippen LogP contribution >= 0.6 is 11.8 Å². The molecule has 4 atom stereocenters. The molecule has 0 radical (unpaired) electrons. The average molecular weight is 289 g/mol. The summed E-state index contributed by atoms with van der Waals surface area (Å²) in [5, 5.41) is 4.74. The highest BCUT2D eigenvalue weighted by atomic mass is 32.2. The van der Waals surface area contributed by atoms with Gasteiger partial charge in [-0.15, -0.1) is 0 Å². The monoisotopic (exact) mass is 289 g/mol. The summed E-state index contributed by atoms with van der Waals surface area (Å²) in [6.07, 6.45) is 6.92. The van der Waals surface area contributed by atoms with Crippen molar-refractivity contribution in [3.8, 4) is 0 Å². The van der Waals surface area contributed by atoms with Crippen LogP contribution in [0.25, 0.3) is 0 Å². The number of thioether (sulfide) groups is 1. The molecule has 1 saturated heterocycles. The zero-order chi connectivity index (χ0) is 13.8. The molecule has 1 aromatic rings. The molecular weight excluding hydrogens is 262 g/mol. The van der Waals surface area contributed by atoms with E-state index < -0.39 is 0 Å². The molecule has 20 heavy (non-hydrogen) atoms. The highest BCUT2D eigenvalue weighted by Crippen LogP contribution is 2.52. The summed E-state index contributed by atoms with van der Waals surface area (Å²) >= 11 is 2.22. The third-order valence-electron chi connectivity index (χ3n) is 4.77. The Labute approximate surface area is 127 Å². The van der Waals surface area contributed by atoms with Crippen molar-refractivity contribution < 1.29 is 0 Å². The van der Waals surface area contributed by atoms with E-state index in [1.165, 1.54) is 44.4 Å². The summed E-state index contributed by atoms with van der Waals surface area (Å²) in [4.78, 5) is 0. The second-order valence-electron chi connectivity index (χ2n) is 6.30. The molecule has 2 fully saturated rings. The van der Waals surface area contributed by atoms with Crippen LogP contribution in [0.1, 0.15) is 50.5 Å². The molecule has 2 heteroatoms. The van der Waals surface area contributed by atoms with E-state index in [9.17, 15) is 0 Å². The third kappa shape index (κ3) is 3.40. The molecule has 0 amide bonds. The topological polar surface area (TPSA) is 12.0 Å². The summed E-state index contributed by atoms with van der Waals surface area (Å²) in [6, 6.07) is 11.9. The molecule has 1 N–H and O–H groups in total. The largest absolute Gasteiger partial charge is 0.313 e. The quantitative estimate of drug-likeness (QED) is 0.830. The zero-order valence-corrected chi connectivity index (χ0v) is 13.4. The maximum absolute atomic E-state index is 3.88. The number of hydrogen-bond acceptors (Lipinski definition) is 2. The normalized spacial score (nSPS) is 30.9. The van der Waals surface area contributed by atoms with E-state index in [2.05, 4.69) is 54.3 Å². The Balaban J connectivity index is 1.64. The number of rotatable bonds is 6. The van der Waals surface area contributed by atoms with E-state index in [0.717, 1.165) is 23.1 Å². The summed E-state index contributed by atoms with van der Waals surface area (Å²) in [6.45, 7) is 3.46. The van der Waals surface area contributed by atoms with Crippen molar-refractivity contribution in [3.63, 3.8) is 0 Å². The summed E-state index contributed by atoms with van der Waals surface area (Å²) < 4.78 is 0. The van der Waals surface area contributed by atoms with Crippen molar-refractivity contribution >= 4 is 11.8 Å². The summed E-state index contributed by atoms with van der Waals surface area (Å²) in [5.74, 6) is 3.06. The minimum Gasteiger partial charge on any atom is -0.313 e. The van der Waals surface area contributed by atoms with Crippen LogP contribution < -0.4 is 5.32 Å². The van der Waals surface area contributed by atoms with Gasteiger partial charge in [-0.2, -0.15) is 11.8 Å². The maximum atomic E-state index is 3.88. The lowest BCUT2D eigenvalue weighted by atomic mass is 9.99. The molecule has 0 spiro atoms. The summed E-state index contributed by atoms with van der Waals surface area (Å²) in [7, 11) is 0. The highest BCUT2D eigenvalue weighted by molar-refractivity contribution is 8.00. The number of benzene rings is 1. The molecule has 4 unspecified atom stereocenters. The predicted octanol–water partition coefficient (Wildman–Crippen LogP) is 4.44. The first-order chi connectivity index (χ1) is 9.90. The smallest absolute Gasteiger partial charge is 0.0220 e. The molecule has 0 aromatic heterocycles. The van der Waals surface area contributed by atoms with Crippen LogP contribution in [0.4, 0.5) is 0 Å². The lowest BCUT2D eigenvalue weighted by Gasteiger charge is -2.31. The molecule has 1 aliphatic carbocycles. The van der Waals surface area contributed by atoms with Crippen LogP contribution in [-0.4, -0.2) is 23.6 Å². The second-order valence-corrected chi connectivity index (χ2v) is 7.65. The fourth-order valence-corrected chi connectivity index (χ4v) is 5.13. The van der Waals surface area contributed by atoms with E-state index in [-0.39, 0.29) is 0 Å². The van der Waals surface area contributed by atoms with Gasteiger partial charge < -0.3 is 5.32 Å². The first kappa shape index (κ1) is 14.5. The van der Waals surface area contributed by atoms with Gasteiger partial charge in [0, 0.05) is 11.3 Å². The lowest BCUT2D eigenvalue weighted by Crippen LogP contribution is -2.42. The van der Waals surface area contributed by atoms with Crippen LogP contribution in [-0.2, 0) is 0 Å². The van der Waals surface area contributed by atoms with Crippen molar-refractivity contribution in [1.82, 2.24) is 5.32 Å². The Morgan fingerprint density at radius 2 is 2.10 bits per heavy atom. The molecule has 1 aromatic carbocycles. The molecule has 1 nitrogen and oxygen atoms in total. The van der Waals surface area contributed by atoms with Gasteiger partial charge in [-0.3, -0.25) is 0 Å². The van der Waals surface area contributed by atoms with Gasteiger partial charge in [-0.25, -0.2) is 0 Å². The molecule has 3 rings (SSSR count). The fraction of sp³-hybridized carbons (Fsp3) is 0.667. The first-order valence-electron chi connectivity index (χ1n) is 8.30. The van der Waals surface area contributed by atoms with Crippen molar-refractivity contribution in [3.05, 3.63) is 35.9 Å². The van der Waals surface area contributed by atoms with Gasteiger partial charge in [-0.1, -0.05) is 43.7 Å². The Hall–Kier alpha value is -0.470. The Morgan fingerprint density at radius 3 is 2.80 bits per heavy atom. The maximum Gasteiger partial charge on any atom is 0.0220 e. The minimum atomic E-state index is 0.741. The van der Waals surface area contributed by atoms with Crippen molar-refractivity contribution in [2.24, 2.45) is 5.92 Å². The van der Waals surface area contributed by atoms with Gasteiger partial charge in [0.05, 0.1) is 0 Å². The molecule has 1 saturated carbocycles. The Morgan fingerprint density at radius 1 is 1.25 bits per heavy atom. The van der Waals surface area contributed by atoms with Crippen LogP contribution in [0.15, 0.2) is 30.3 Å². The highest BCUT2D eigenvalue weighted by Gasteiger charge is 2.46. The fourth-order valence-electron chi connectivity index (χ4n) is 3.61. The van der Waals surface area contributed by atoms with Gasteiger partial charge in [0.15, 0.2) is 0 Å². The van der Waals surface area contributed by atoms with Crippen LogP contribution in [0.3, 0.4) is 0 Å². The lowest BCUT2D eigenvalue weighted by molar-refractivity contribution is 0.418. The van der Waals surface area contributed by atoms with E-state index in [0.29, 0.717) is 0 Å². The van der Waals surface area contributed by atoms with E-state index in [1.54, 1.807) is 5.56 Å².